The summed E-state index contributed by atoms with van der Waals surface area (Å²) in [5.74, 6) is 0.620. The molecule has 7 nitrogen and oxygen atoms in total. The molecule has 1 aliphatic heterocycles. The van der Waals surface area contributed by atoms with Crippen LogP contribution in [0.5, 0.6) is 5.75 Å². The Morgan fingerprint density at radius 3 is 2.59 bits per heavy atom. The van der Waals surface area contributed by atoms with Crippen molar-refractivity contribution in [3.63, 3.8) is 0 Å². The molecule has 1 amide bonds. The number of amides is 1. The Labute approximate surface area is 205 Å². The number of phenolic OH excluding ortho intramolecular Hbond substituents is 1. The maximum atomic E-state index is 13.5. The normalized spacial score (nSPS) is 15.0. The fourth-order valence-corrected chi connectivity index (χ4v) is 4.36. The molecular formula is C25H19Cl2N5O2. The minimum absolute atomic E-state index is 0.102. The van der Waals surface area contributed by atoms with Crippen LogP contribution in [0.4, 0.5) is 11.6 Å². The lowest BCUT2D eigenvalue weighted by atomic mass is 9.95. The maximum absolute atomic E-state index is 13.5. The molecule has 5 rings (SSSR count). The van der Waals surface area contributed by atoms with Crippen molar-refractivity contribution in [2.45, 2.75) is 13.0 Å². The van der Waals surface area contributed by atoms with E-state index in [2.05, 4.69) is 20.7 Å². The molecular weight excluding hydrogens is 473 g/mol. The number of benzene rings is 3. The van der Waals surface area contributed by atoms with Crippen LogP contribution in [0, 0.1) is 0 Å². The number of hydrogen-bond donors (Lipinski definition) is 3. The zero-order chi connectivity index (χ0) is 23.8. The first-order valence-electron chi connectivity index (χ1n) is 10.5. The van der Waals surface area contributed by atoms with Crippen molar-refractivity contribution in [3.05, 3.63) is 99.7 Å². The minimum Gasteiger partial charge on any atom is -0.508 e. The Morgan fingerprint density at radius 1 is 1.06 bits per heavy atom. The molecule has 0 saturated carbocycles. The van der Waals surface area contributed by atoms with Crippen LogP contribution in [-0.4, -0.2) is 25.8 Å². The summed E-state index contributed by atoms with van der Waals surface area (Å²) in [7, 11) is 0. The summed E-state index contributed by atoms with van der Waals surface area (Å²) < 4.78 is 1.61. The van der Waals surface area contributed by atoms with E-state index in [0.717, 1.165) is 0 Å². The number of fused-ring (bicyclic) bond motifs is 1. The zero-order valence-corrected chi connectivity index (χ0v) is 19.5. The predicted molar refractivity (Wildman–Crippen MR) is 133 cm³/mol. The SMILES string of the molecule is CC1=C(C(=O)Nc2ccccc2)C(c2cccc(Cl)c2Cl)n2nc(-c3cccc(O)c3)nc2N1. The third kappa shape index (κ3) is 4.00. The number of para-hydroxylation sites is 1. The molecule has 0 aliphatic carbocycles. The highest BCUT2D eigenvalue weighted by atomic mass is 35.5. The molecule has 0 bridgehead atoms. The second-order valence-corrected chi connectivity index (χ2v) is 8.57. The Hall–Kier alpha value is -3.81. The molecule has 0 fully saturated rings. The van der Waals surface area contributed by atoms with Crippen molar-refractivity contribution in [2.75, 3.05) is 10.6 Å². The van der Waals surface area contributed by atoms with Crippen LogP contribution in [0.1, 0.15) is 18.5 Å². The van der Waals surface area contributed by atoms with Crippen molar-refractivity contribution in [3.8, 4) is 17.1 Å². The summed E-state index contributed by atoms with van der Waals surface area (Å²) in [5.41, 5.74) is 2.94. The van der Waals surface area contributed by atoms with Crippen LogP contribution in [0.2, 0.25) is 10.0 Å². The van der Waals surface area contributed by atoms with E-state index in [4.69, 9.17) is 23.2 Å². The lowest BCUT2D eigenvalue weighted by molar-refractivity contribution is -0.113. The van der Waals surface area contributed by atoms with E-state index in [1.165, 1.54) is 0 Å². The Balaban J connectivity index is 1.65. The van der Waals surface area contributed by atoms with Gasteiger partial charge in [-0.1, -0.05) is 65.7 Å². The topological polar surface area (TPSA) is 92.1 Å². The second-order valence-electron chi connectivity index (χ2n) is 7.78. The van der Waals surface area contributed by atoms with Crippen molar-refractivity contribution in [1.82, 2.24) is 14.8 Å². The summed E-state index contributed by atoms with van der Waals surface area (Å²) in [6, 6.07) is 20.4. The van der Waals surface area contributed by atoms with E-state index in [0.29, 0.717) is 49.9 Å². The first-order valence-corrected chi connectivity index (χ1v) is 11.2. The Kier molecular flexibility index (Phi) is 5.73. The molecule has 1 atom stereocenters. The highest BCUT2D eigenvalue weighted by Crippen LogP contribution is 2.41. The molecule has 1 aliphatic rings. The second kappa shape index (κ2) is 8.85. The van der Waals surface area contributed by atoms with Crippen LogP contribution < -0.4 is 10.6 Å². The fourth-order valence-electron chi connectivity index (χ4n) is 3.95. The van der Waals surface area contributed by atoms with Gasteiger partial charge in [-0.25, -0.2) is 4.68 Å². The predicted octanol–water partition coefficient (Wildman–Crippen LogP) is 5.89. The van der Waals surface area contributed by atoms with Gasteiger partial charge in [0.15, 0.2) is 5.82 Å². The highest BCUT2D eigenvalue weighted by Gasteiger charge is 2.36. The lowest BCUT2D eigenvalue weighted by Gasteiger charge is -2.29. The van der Waals surface area contributed by atoms with Gasteiger partial charge in [0.25, 0.3) is 5.91 Å². The van der Waals surface area contributed by atoms with Gasteiger partial charge in [-0.2, -0.15) is 4.98 Å². The maximum Gasteiger partial charge on any atom is 0.255 e. The molecule has 0 saturated heterocycles. The summed E-state index contributed by atoms with van der Waals surface area (Å²) in [4.78, 5) is 18.1. The number of carbonyl (C=O) groups excluding carboxylic acids is 1. The molecule has 3 N–H and O–H groups in total. The van der Waals surface area contributed by atoms with E-state index in [-0.39, 0.29) is 11.7 Å². The number of hydrogen-bond acceptors (Lipinski definition) is 5. The smallest absolute Gasteiger partial charge is 0.255 e. The summed E-state index contributed by atoms with van der Waals surface area (Å²) in [6.45, 7) is 1.80. The number of aromatic hydroxyl groups is 1. The lowest BCUT2D eigenvalue weighted by Crippen LogP contribution is -2.31. The zero-order valence-electron chi connectivity index (χ0n) is 18.0. The van der Waals surface area contributed by atoms with Gasteiger partial charge < -0.3 is 15.7 Å². The third-order valence-corrected chi connectivity index (χ3v) is 6.34. The van der Waals surface area contributed by atoms with Crippen molar-refractivity contribution >= 4 is 40.7 Å². The molecule has 0 spiro atoms. The van der Waals surface area contributed by atoms with Crippen LogP contribution >= 0.6 is 23.2 Å². The van der Waals surface area contributed by atoms with Crippen LogP contribution in [0.25, 0.3) is 11.4 Å². The van der Waals surface area contributed by atoms with E-state index in [9.17, 15) is 9.90 Å². The Morgan fingerprint density at radius 2 is 1.82 bits per heavy atom. The van der Waals surface area contributed by atoms with E-state index in [1.807, 2.05) is 36.4 Å². The van der Waals surface area contributed by atoms with Crippen LogP contribution in [0.3, 0.4) is 0 Å². The highest BCUT2D eigenvalue weighted by molar-refractivity contribution is 6.42. The third-order valence-electron chi connectivity index (χ3n) is 5.51. The first-order chi connectivity index (χ1) is 16.4. The number of halogens is 2. The molecule has 1 unspecified atom stereocenters. The van der Waals surface area contributed by atoms with Gasteiger partial charge in [0.1, 0.15) is 11.8 Å². The number of aromatic nitrogens is 3. The molecule has 1 aromatic heterocycles. The molecule has 4 aromatic rings. The number of allylic oxidation sites excluding steroid dienone is 1. The van der Waals surface area contributed by atoms with Gasteiger partial charge in [-0.3, -0.25) is 4.79 Å². The van der Waals surface area contributed by atoms with Gasteiger partial charge in [-0.05, 0) is 37.3 Å². The minimum atomic E-state index is -0.690. The number of carbonyl (C=O) groups is 1. The number of nitrogens with zero attached hydrogens (tertiary/aromatic N) is 3. The summed E-state index contributed by atoms with van der Waals surface area (Å²) in [6.07, 6.45) is 0. The van der Waals surface area contributed by atoms with Crippen molar-refractivity contribution in [1.29, 1.82) is 0 Å². The van der Waals surface area contributed by atoms with Crippen LogP contribution in [0.15, 0.2) is 84.1 Å². The fraction of sp³-hybridized carbons (Fsp3) is 0.0800. The largest absolute Gasteiger partial charge is 0.508 e. The quantitative estimate of drug-likeness (QED) is 0.331. The van der Waals surface area contributed by atoms with Crippen molar-refractivity contribution < 1.29 is 9.90 Å². The monoisotopic (exact) mass is 491 g/mol. The van der Waals surface area contributed by atoms with E-state index in [1.54, 1.807) is 48.0 Å². The average molecular weight is 492 g/mol. The van der Waals surface area contributed by atoms with Crippen molar-refractivity contribution in [2.24, 2.45) is 0 Å². The average Bonchev–Trinajstić information content (AvgIpc) is 3.24. The number of rotatable bonds is 4. The first kappa shape index (κ1) is 22.0. The summed E-state index contributed by atoms with van der Waals surface area (Å²) >= 11 is 12.9. The van der Waals surface area contributed by atoms with E-state index < -0.39 is 6.04 Å². The van der Waals surface area contributed by atoms with Gasteiger partial charge >= 0.3 is 0 Å². The summed E-state index contributed by atoms with van der Waals surface area (Å²) in [5, 5.41) is 21.4. The van der Waals surface area contributed by atoms with Gasteiger partial charge in [-0.15, -0.1) is 5.10 Å². The Bertz CT molecular complexity index is 1430. The molecule has 3 aromatic carbocycles. The molecule has 34 heavy (non-hydrogen) atoms. The molecule has 9 heteroatoms. The standard InChI is InChI=1S/C25H19Cl2N5O2/c1-14-20(24(34)29-16-8-3-2-4-9-16)22(18-11-6-12-19(26)21(18)27)32-25(28-14)30-23(31-32)15-7-5-10-17(33)13-15/h2-13,22,33H,1H3,(H,29,34)(H,28,30,31). The van der Waals surface area contributed by atoms with Gasteiger partial charge in [0.2, 0.25) is 5.95 Å². The van der Waals surface area contributed by atoms with Gasteiger partial charge in [0, 0.05) is 22.5 Å². The molecule has 170 valence electrons. The van der Waals surface area contributed by atoms with Crippen LogP contribution in [-0.2, 0) is 4.79 Å². The molecule has 0 radical (unpaired) electrons. The number of phenols is 1. The van der Waals surface area contributed by atoms with Gasteiger partial charge in [0.05, 0.1) is 15.6 Å². The number of nitrogens with one attached hydrogen (secondary N) is 2. The molecule has 2 heterocycles. The number of anilines is 2. The van der Waals surface area contributed by atoms with E-state index >= 15 is 0 Å².